The summed E-state index contributed by atoms with van der Waals surface area (Å²) in [5, 5.41) is 8.41. The zero-order valence-electron chi connectivity index (χ0n) is 8.78. The Balaban J connectivity index is 3.50. The van der Waals surface area contributed by atoms with Crippen molar-refractivity contribution in [2.24, 2.45) is 0 Å². The van der Waals surface area contributed by atoms with E-state index in [1.54, 1.807) is 0 Å². The van der Waals surface area contributed by atoms with Crippen LogP contribution in [0.3, 0.4) is 0 Å². The molecule has 8 heteroatoms. The molecule has 1 aromatic carbocycles. The topological polar surface area (TPSA) is 71.4 Å². The van der Waals surface area contributed by atoms with Crippen LogP contribution in [0.4, 0.5) is 0 Å². The lowest BCUT2D eigenvalue weighted by Gasteiger charge is -2.09. The summed E-state index contributed by atoms with van der Waals surface area (Å²) in [5.74, 6) is -1.77. The monoisotopic (exact) mass is 372 g/mol. The number of sulfone groups is 1. The highest BCUT2D eigenvalue weighted by molar-refractivity contribution is 9.11. The van der Waals surface area contributed by atoms with E-state index in [1.165, 1.54) is 12.1 Å². The van der Waals surface area contributed by atoms with Gasteiger partial charge in [-0.1, -0.05) is 45.7 Å². The molecule has 0 aliphatic rings. The molecule has 0 spiro atoms. The number of benzene rings is 1. The maximum absolute atomic E-state index is 11.9. The second kappa shape index (κ2) is 5.61. The fourth-order valence-electron chi connectivity index (χ4n) is 1.25. The number of carbonyl (C=O) groups is 1. The Labute approximate surface area is 122 Å². The lowest BCUT2D eigenvalue weighted by Crippen LogP contribution is -2.10. The normalized spacial score (nSPS) is 11.3. The molecule has 0 radical (unpaired) electrons. The smallest absolute Gasteiger partial charge is 0.338 e. The van der Waals surface area contributed by atoms with Gasteiger partial charge in [0.25, 0.3) is 0 Å². The van der Waals surface area contributed by atoms with Crippen LogP contribution in [0.15, 0.2) is 28.1 Å². The van der Waals surface area contributed by atoms with Gasteiger partial charge >= 0.3 is 5.97 Å². The van der Waals surface area contributed by atoms with E-state index in [0.29, 0.717) is 0 Å². The van der Waals surface area contributed by atoms with Crippen LogP contribution in [-0.2, 0) is 9.84 Å². The van der Waals surface area contributed by atoms with E-state index in [1.807, 2.05) is 0 Å². The third kappa shape index (κ3) is 3.26. The number of aromatic carboxylic acids is 1. The third-order valence-corrected chi connectivity index (χ3v) is 5.16. The highest BCUT2D eigenvalue weighted by Gasteiger charge is 2.24. The van der Waals surface area contributed by atoms with Crippen molar-refractivity contribution in [2.75, 3.05) is 5.75 Å². The number of halogens is 3. The first-order valence-electron chi connectivity index (χ1n) is 4.44. The summed E-state index contributed by atoms with van der Waals surface area (Å²) in [6.07, 6.45) is 0. The van der Waals surface area contributed by atoms with Gasteiger partial charge < -0.3 is 5.11 Å². The SMILES string of the molecule is C=C(Br)CS(=O)(=O)c1ccc(Cl)c(C(=O)O)c1Cl. The molecular formula is C10H7BrCl2O4S. The third-order valence-electron chi connectivity index (χ3n) is 1.95. The van der Waals surface area contributed by atoms with E-state index in [2.05, 4.69) is 22.5 Å². The van der Waals surface area contributed by atoms with Crippen molar-refractivity contribution in [3.05, 3.63) is 38.8 Å². The second-order valence-electron chi connectivity index (χ2n) is 3.32. The summed E-state index contributed by atoms with van der Waals surface area (Å²) in [4.78, 5) is 10.7. The van der Waals surface area contributed by atoms with Crippen molar-refractivity contribution in [1.29, 1.82) is 0 Å². The van der Waals surface area contributed by atoms with E-state index in [9.17, 15) is 13.2 Å². The number of carboxylic acids is 1. The number of hydrogen-bond donors (Lipinski definition) is 1. The summed E-state index contributed by atoms with van der Waals surface area (Å²) in [7, 11) is -3.76. The maximum atomic E-state index is 11.9. The molecule has 0 saturated carbocycles. The molecule has 0 bridgehead atoms. The molecule has 0 amide bonds. The van der Waals surface area contributed by atoms with Crippen molar-refractivity contribution in [1.82, 2.24) is 0 Å². The molecule has 0 atom stereocenters. The summed E-state index contributed by atoms with van der Waals surface area (Å²) in [5.41, 5.74) is -0.431. The van der Waals surface area contributed by atoms with Gasteiger partial charge in [0.05, 0.1) is 26.3 Å². The average Bonchev–Trinajstić information content (AvgIpc) is 2.13. The molecule has 0 aromatic heterocycles. The standard InChI is InChI=1S/C10H7BrCl2O4S/c1-5(11)4-18(16,17)7-3-2-6(12)8(9(7)13)10(14)15/h2-3H,1,4H2,(H,14,15). The minimum atomic E-state index is -3.76. The molecule has 98 valence electrons. The Hall–Kier alpha value is -0.560. The molecule has 0 heterocycles. The molecule has 0 saturated heterocycles. The van der Waals surface area contributed by atoms with Crippen molar-refractivity contribution >= 4 is 54.9 Å². The van der Waals surface area contributed by atoms with Crippen LogP contribution in [0.2, 0.25) is 10.0 Å². The first-order valence-corrected chi connectivity index (χ1v) is 7.64. The molecule has 1 N–H and O–H groups in total. The van der Waals surface area contributed by atoms with Crippen LogP contribution in [0.5, 0.6) is 0 Å². The quantitative estimate of drug-likeness (QED) is 0.878. The number of rotatable bonds is 4. The van der Waals surface area contributed by atoms with Crippen LogP contribution >= 0.6 is 39.1 Å². The summed E-state index contributed by atoms with van der Waals surface area (Å²) in [6, 6.07) is 2.35. The molecule has 0 aliphatic carbocycles. The lowest BCUT2D eigenvalue weighted by atomic mass is 10.2. The van der Waals surface area contributed by atoms with E-state index in [4.69, 9.17) is 28.3 Å². The second-order valence-corrected chi connectivity index (χ2v) is 7.18. The minimum absolute atomic E-state index is 0.121. The van der Waals surface area contributed by atoms with Gasteiger partial charge in [0, 0.05) is 4.48 Å². The van der Waals surface area contributed by atoms with Crippen LogP contribution in [-0.4, -0.2) is 25.2 Å². The van der Waals surface area contributed by atoms with Gasteiger partial charge in [0.1, 0.15) is 0 Å². The first-order chi connectivity index (χ1) is 8.16. The van der Waals surface area contributed by atoms with Gasteiger partial charge in [-0.2, -0.15) is 0 Å². The van der Waals surface area contributed by atoms with Crippen LogP contribution in [0.1, 0.15) is 10.4 Å². The van der Waals surface area contributed by atoms with Crippen molar-refractivity contribution in [2.45, 2.75) is 4.90 Å². The van der Waals surface area contributed by atoms with Gasteiger partial charge in [0.15, 0.2) is 9.84 Å². The van der Waals surface area contributed by atoms with Gasteiger partial charge in [-0.25, -0.2) is 13.2 Å². The highest BCUT2D eigenvalue weighted by atomic mass is 79.9. The van der Waals surface area contributed by atoms with E-state index in [-0.39, 0.29) is 20.2 Å². The number of carboxylic acid groups (broad SMARTS) is 1. The van der Waals surface area contributed by atoms with Crippen molar-refractivity contribution in [3.63, 3.8) is 0 Å². The van der Waals surface area contributed by atoms with Gasteiger partial charge in [-0.3, -0.25) is 0 Å². The minimum Gasteiger partial charge on any atom is -0.478 e. The van der Waals surface area contributed by atoms with Gasteiger partial charge in [-0.15, -0.1) is 0 Å². The molecule has 0 fully saturated rings. The van der Waals surface area contributed by atoms with E-state index < -0.39 is 26.4 Å². The summed E-state index contributed by atoms with van der Waals surface area (Å²) >= 11 is 14.4. The Morgan fingerprint density at radius 3 is 2.39 bits per heavy atom. The maximum Gasteiger partial charge on any atom is 0.338 e. The Kier molecular flexibility index (Phi) is 4.83. The predicted molar refractivity (Wildman–Crippen MR) is 73.5 cm³/mol. The van der Waals surface area contributed by atoms with Crippen molar-refractivity contribution < 1.29 is 18.3 Å². The lowest BCUT2D eigenvalue weighted by molar-refractivity contribution is 0.0697. The number of hydrogen-bond acceptors (Lipinski definition) is 3. The Bertz CT molecular complexity index is 625. The Morgan fingerprint density at radius 2 is 1.94 bits per heavy atom. The molecular weight excluding hydrogens is 367 g/mol. The van der Waals surface area contributed by atoms with Crippen LogP contribution < -0.4 is 0 Å². The van der Waals surface area contributed by atoms with Crippen LogP contribution in [0.25, 0.3) is 0 Å². The molecule has 1 aromatic rings. The predicted octanol–water partition coefficient (Wildman–Crippen LogP) is 3.37. The zero-order chi connectivity index (χ0) is 14.1. The highest BCUT2D eigenvalue weighted by Crippen LogP contribution is 2.32. The fraction of sp³-hybridized carbons (Fsp3) is 0.100. The molecule has 0 aliphatic heterocycles. The van der Waals surface area contributed by atoms with E-state index >= 15 is 0 Å². The summed E-state index contributed by atoms with van der Waals surface area (Å²) < 4.78 is 24.1. The van der Waals surface area contributed by atoms with E-state index in [0.717, 1.165) is 0 Å². The first kappa shape index (κ1) is 15.5. The van der Waals surface area contributed by atoms with Crippen molar-refractivity contribution in [3.8, 4) is 0 Å². The summed E-state index contributed by atoms with van der Waals surface area (Å²) in [6.45, 7) is 3.42. The molecule has 4 nitrogen and oxygen atoms in total. The largest absolute Gasteiger partial charge is 0.478 e. The molecule has 1 rings (SSSR count). The molecule has 18 heavy (non-hydrogen) atoms. The zero-order valence-corrected chi connectivity index (χ0v) is 12.7. The average molecular weight is 374 g/mol. The molecule has 0 unspecified atom stereocenters. The van der Waals surface area contributed by atoms with Gasteiger partial charge in [0.2, 0.25) is 0 Å². The van der Waals surface area contributed by atoms with Crippen LogP contribution in [0, 0.1) is 0 Å². The Morgan fingerprint density at radius 1 is 1.39 bits per heavy atom. The van der Waals surface area contributed by atoms with Gasteiger partial charge in [-0.05, 0) is 12.1 Å². The fourth-order valence-corrected chi connectivity index (χ4v) is 4.26.